The van der Waals surface area contributed by atoms with Gasteiger partial charge in [0.2, 0.25) is 10.0 Å². The van der Waals surface area contributed by atoms with Crippen molar-refractivity contribution < 1.29 is 8.42 Å². The zero-order chi connectivity index (χ0) is 9.90. The predicted octanol–water partition coefficient (Wildman–Crippen LogP) is 0.768. The van der Waals surface area contributed by atoms with E-state index < -0.39 is 10.0 Å². The zero-order valence-electron chi connectivity index (χ0n) is 7.56. The van der Waals surface area contributed by atoms with E-state index in [1.807, 2.05) is 0 Å². The van der Waals surface area contributed by atoms with Crippen molar-refractivity contribution in [3.63, 3.8) is 0 Å². The first-order chi connectivity index (χ1) is 6.02. The van der Waals surface area contributed by atoms with Crippen LogP contribution in [0, 0.1) is 0 Å². The standard InChI is InChI=1S/C8H12N2O2S/c1-7(2)10-13(11,12)8-3-5-9-6-4-8/h3-7,10H,1-2H3. The van der Waals surface area contributed by atoms with Crippen molar-refractivity contribution in [2.75, 3.05) is 0 Å². The molecule has 0 spiro atoms. The quantitative estimate of drug-likeness (QED) is 0.784. The van der Waals surface area contributed by atoms with Crippen LogP contribution in [0.5, 0.6) is 0 Å². The number of aromatic nitrogens is 1. The maximum Gasteiger partial charge on any atom is 0.240 e. The van der Waals surface area contributed by atoms with Gasteiger partial charge in [0.05, 0.1) is 4.90 Å². The number of nitrogens with zero attached hydrogens (tertiary/aromatic N) is 1. The predicted molar refractivity (Wildman–Crippen MR) is 49.7 cm³/mol. The highest BCUT2D eigenvalue weighted by Crippen LogP contribution is 2.06. The summed E-state index contributed by atoms with van der Waals surface area (Å²) in [7, 11) is -3.35. The lowest BCUT2D eigenvalue weighted by Crippen LogP contribution is -2.30. The first-order valence-electron chi connectivity index (χ1n) is 3.95. The third kappa shape index (κ3) is 2.78. The molecule has 0 fully saturated rings. The summed E-state index contributed by atoms with van der Waals surface area (Å²) in [5.41, 5.74) is 0. The Morgan fingerprint density at radius 2 is 1.85 bits per heavy atom. The molecule has 0 unspecified atom stereocenters. The van der Waals surface area contributed by atoms with E-state index in [4.69, 9.17) is 0 Å². The Morgan fingerprint density at radius 1 is 1.31 bits per heavy atom. The highest BCUT2D eigenvalue weighted by molar-refractivity contribution is 7.89. The second-order valence-electron chi connectivity index (χ2n) is 2.96. The molecule has 1 heterocycles. The molecular formula is C8H12N2O2S. The van der Waals surface area contributed by atoms with Crippen molar-refractivity contribution in [3.05, 3.63) is 24.5 Å². The number of nitrogens with one attached hydrogen (secondary N) is 1. The molecule has 0 aliphatic heterocycles. The average molecular weight is 200 g/mol. The maximum absolute atomic E-state index is 11.5. The van der Waals surface area contributed by atoms with E-state index in [9.17, 15) is 8.42 Å². The minimum absolute atomic E-state index is 0.0989. The largest absolute Gasteiger partial charge is 0.265 e. The van der Waals surface area contributed by atoms with Gasteiger partial charge in [-0.15, -0.1) is 0 Å². The van der Waals surface area contributed by atoms with Crippen LogP contribution in [-0.4, -0.2) is 19.4 Å². The summed E-state index contributed by atoms with van der Waals surface area (Å²) < 4.78 is 25.5. The average Bonchev–Trinajstić information content (AvgIpc) is 2.04. The van der Waals surface area contributed by atoms with E-state index in [1.165, 1.54) is 24.5 Å². The second kappa shape index (κ2) is 3.85. The van der Waals surface area contributed by atoms with Crippen molar-refractivity contribution in [3.8, 4) is 0 Å². The smallest absolute Gasteiger partial charge is 0.240 e. The number of rotatable bonds is 3. The first kappa shape index (κ1) is 10.1. The minimum Gasteiger partial charge on any atom is -0.265 e. The van der Waals surface area contributed by atoms with Crippen molar-refractivity contribution >= 4 is 10.0 Å². The number of hydrogen-bond donors (Lipinski definition) is 1. The van der Waals surface area contributed by atoms with E-state index in [-0.39, 0.29) is 10.9 Å². The molecule has 0 radical (unpaired) electrons. The summed E-state index contributed by atoms with van der Waals surface area (Å²) in [5.74, 6) is 0. The van der Waals surface area contributed by atoms with Crippen molar-refractivity contribution in [2.24, 2.45) is 0 Å². The topological polar surface area (TPSA) is 59.1 Å². The van der Waals surface area contributed by atoms with Gasteiger partial charge in [0.1, 0.15) is 0 Å². The molecule has 0 saturated carbocycles. The summed E-state index contributed by atoms with van der Waals surface area (Å²) >= 11 is 0. The monoisotopic (exact) mass is 200 g/mol. The molecule has 0 atom stereocenters. The lowest BCUT2D eigenvalue weighted by Gasteiger charge is -2.08. The molecule has 1 aromatic heterocycles. The van der Waals surface area contributed by atoms with Crippen LogP contribution in [0.25, 0.3) is 0 Å². The summed E-state index contributed by atoms with van der Waals surface area (Å²) in [5, 5.41) is 0. The third-order valence-electron chi connectivity index (χ3n) is 1.35. The number of sulfonamides is 1. The third-order valence-corrected chi connectivity index (χ3v) is 3.03. The van der Waals surface area contributed by atoms with Crippen LogP contribution in [-0.2, 0) is 10.0 Å². The first-order valence-corrected chi connectivity index (χ1v) is 5.43. The summed E-state index contributed by atoms with van der Waals surface area (Å²) in [4.78, 5) is 3.99. The number of hydrogen-bond acceptors (Lipinski definition) is 3. The second-order valence-corrected chi connectivity index (χ2v) is 4.67. The highest BCUT2D eigenvalue weighted by Gasteiger charge is 2.13. The fourth-order valence-corrected chi connectivity index (χ4v) is 2.13. The summed E-state index contributed by atoms with van der Waals surface area (Å²) in [6, 6.07) is 2.83. The van der Waals surface area contributed by atoms with Crippen molar-refractivity contribution in [1.29, 1.82) is 0 Å². The minimum atomic E-state index is -3.35. The molecule has 1 aromatic rings. The van der Waals surface area contributed by atoms with Gasteiger partial charge >= 0.3 is 0 Å². The SMILES string of the molecule is CC(C)NS(=O)(=O)c1ccncc1. The van der Waals surface area contributed by atoms with E-state index in [0.717, 1.165) is 0 Å². The Kier molecular flexibility index (Phi) is 3.00. The molecule has 0 aliphatic rings. The molecule has 13 heavy (non-hydrogen) atoms. The van der Waals surface area contributed by atoms with Gasteiger partial charge in [-0.05, 0) is 26.0 Å². The molecule has 5 heteroatoms. The van der Waals surface area contributed by atoms with Gasteiger partial charge in [0, 0.05) is 18.4 Å². The Labute approximate surface area is 78.1 Å². The van der Waals surface area contributed by atoms with Crippen LogP contribution >= 0.6 is 0 Å². The van der Waals surface area contributed by atoms with Crippen LogP contribution < -0.4 is 4.72 Å². The fourth-order valence-electron chi connectivity index (χ4n) is 0.896. The van der Waals surface area contributed by atoms with Crippen LogP contribution in [0.4, 0.5) is 0 Å². The Morgan fingerprint density at radius 3 is 2.31 bits per heavy atom. The molecule has 0 bridgehead atoms. The molecule has 4 nitrogen and oxygen atoms in total. The van der Waals surface area contributed by atoms with Crippen LogP contribution in [0.3, 0.4) is 0 Å². The molecule has 1 rings (SSSR count). The molecule has 0 amide bonds. The lowest BCUT2D eigenvalue weighted by atomic mass is 10.4. The summed E-state index contributed by atoms with van der Waals surface area (Å²) in [6.45, 7) is 3.55. The summed E-state index contributed by atoms with van der Waals surface area (Å²) in [6.07, 6.45) is 2.91. The van der Waals surface area contributed by atoms with Gasteiger partial charge in [-0.3, -0.25) is 4.98 Å². The molecular weight excluding hydrogens is 188 g/mol. The van der Waals surface area contributed by atoms with Gasteiger partial charge in [-0.25, -0.2) is 13.1 Å². The van der Waals surface area contributed by atoms with E-state index in [1.54, 1.807) is 13.8 Å². The van der Waals surface area contributed by atoms with E-state index in [0.29, 0.717) is 0 Å². The van der Waals surface area contributed by atoms with Gasteiger partial charge < -0.3 is 0 Å². The normalized spacial score (nSPS) is 11.9. The van der Waals surface area contributed by atoms with Crippen LogP contribution in [0.15, 0.2) is 29.4 Å². The van der Waals surface area contributed by atoms with Gasteiger partial charge in [0.15, 0.2) is 0 Å². The molecule has 1 N–H and O–H groups in total. The van der Waals surface area contributed by atoms with E-state index >= 15 is 0 Å². The van der Waals surface area contributed by atoms with Crippen molar-refractivity contribution in [2.45, 2.75) is 24.8 Å². The van der Waals surface area contributed by atoms with E-state index in [2.05, 4.69) is 9.71 Å². The lowest BCUT2D eigenvalue weighted by molar-refractivity contribution is 0.569. The number of pyridine rings is 1. The van der Waals surface area contributed by atoms with Gasteiger partial charge in [-0.1, -0.05) is 0 Å². The highest BCUT2D eigenvalue weighted by atomic mass is 32.2. The zero-order valence-corrected chi connectivity index (χ0v) is 8.38. The maximum atomic E-state index is 11.5. The van der Waals surface area contributed by atoms with Crippen molar-refractivity contribution in [1.82, 2.24) is 9.71 Å². The molecule has 0 aliphatic carbocycles. The van der Waals surface area contributed by atoms with Crippen LogP contribution in [0.1, 0.15) is 13.8 Å². The van der Waals surface area contributed by atoms with Gasteiger partial charge in [-0.2, -0.15) is 0 Å². The Bertz CT molecular complexity index is 359. The Balaban J connectivity index is 2.96. The van der Waals surface area contributed by atoms with Crippen LogP contribution in [0.2, 0.25) is 0 Å². The fraction of sp³-hybridized carbons (Fsp3) is 0.375. The molecule has 72 valence electrons. The van der Waals surface area contributed by atoms with Gasteiger partial charge in [0.25, 0.3) is 0 Å². The molecule has 0 saturated heterocycles. The molecule has 0 aromatic carbocycles. The Hall–Kier alpha value is -0.940.